The van der Waals surface area contributed by atoms with Crippen molar-refractivity contribution in [3.63, 3.8) is 0 Å². The number of carbonyl (C=O) groups excluding carboxylic acids is 3. The first-order chi connectivity index (χ1) is 33.3. The number of H-pyrrole nitrogens is 1. The fourth-order valence-electron chi connectivity index (χ4n) is 8.19. The molecule has 7 rings (SSSR count). The number of aryl methyl sites for hydroxylation is 1. The maximum absolute atomic E-state index is 15.4. The van der Waals surface area contributed by atoms with Crippen LogP contribution in [0.4, 0.5) is 14.5 Å². The monoisotopic (exact) mass is 987 g/mol. The number of thiazole rings is 1. The summed E-state index contributed by atoms with van der Waals surface area (Å²) in [5.74, 6) is -3.83. The molecule has 1 fully saturated rings. The number of aromatic nitrogens is 3. The number of aromatic amines is 1. The van der Waals surface area contributed by atoms with Gasteiger partial charge >= 0.3 is 0 Å². The Bertz CT molecular complexity index is 2850. The highest BCUT2D eigenvalue weighted by Crippen LogP contribution is 2.37. The molecule has 0 aliphatic heterocycles. The Labute approximate surface area is 403 Å². The van der Waals surface area contributed by atoms with Crippen LogP contribution >= 0.6 is 11.3 Å². The second-order valence-corrected chi connectivity index (χ2v) is 19.3. The van der Waals surface area contributed by atoms with Gasteiger partial charge in [0.1, 0.15) is 36.2 Å². The van der Waals surface area contributed by atoms with Gasteiger partial charge in [-0.1, -0.05) is 49.7 Å². The van der Waals surface area contributed by atoms with Crippen molar-refractivity contribution in [1.29, 1.82) is 0 Å². The summed E-state index contributed by atoms with van der Waals surface area (Å²) >= 11 is 1.61. The average Bonchev–Trinajstić information content (AvgIpc) is 4.11. The van der Waals surface area contributed by atoms with Gasteiger partial charge in [-0.3, -0.25) is 19.1 Å². The number of fused-ring (bicyclic) bond motifs is 1. The van der Waals surface area contributed by atoms with E-state index >= 15 is 4.39 Å². The van der Waals surface area contributed by atoms with Crippen LogP contribution in [-0.2, 0) is 35.6 Å². The van der Waals surface area contributed by atoms with E-state index in [0.29, 0.717) is 57.1 Å². The smallest absolute Gasteiger partial charge is 0.232 e. The Morgan fingerprint density at radius 2 is 1.54 bits per heavy atom. The first kappa shape index (κ1) is 50.7. The van der Waals surface area contributed by atoms with Crippen LogP contribution < -0.4 is 19.5 Å². The molecule has 3 heterocycles. The standard InChI is InChI=1S/C50H55F2N5O10S2/c1-4-25-69(61,62)57-42-16-15-41(51)44(45(42)52)48(59)40-29-54-49-39(40)26-35(28-53-49)66-23-21-64-19-17-63-18-20-65-22-24-67-43-10-6-7-36(31(43)2)47(58)37-8-5-9-38(37)50(60)55-27-33-11-13-34(14-12-33)46-32(3)68-30-56-46/h6-7,10-16,26,28-30,37-38,57H,4-5,8-9,17-25,27H2,1-3H3,(H,53,54)(H,55,60)/t37?,38-/m1/s1. The van der Waals surface area contributed by atoms with E-state index in [1.807, 2.05) is 49.7 Å². The molecule has 1 aliphatic rings. The van der Waals surface area contributed by atoms with Gasteiger partial charge in [-0.25, -0.2) is 27.2 Å². The molecular weight excluding hydrogens is 933 g/mol. The number of benzene rings is 3. The number of hydrogen-bond acceptors (Lipinski definition) is 13. The number of rotatable bonds is 26. The Balaban J connectivity index is 0.769. The summed E-state index contributed by atoms with van der Waals surface area (Å²) in [4.78, 5) is 53.2. The van der Waals surface area contributed by atoms with Gasteiger partial charge in [0.2, 0.25) is 21.7 Å². The molecule has 69 heavy (non-hydrogen) atoms. The van der Waals surface area contributed by atoms with Crippen molar-refractivity contribution in [2.75, 3.05) is 63.3 Å². The Morgan fingerprint density at radius 3 is 2.23 bits per heavy atom. The first-order valence-corrected chi connectivity index (χ1v) is 25.3. The Kier molecular flexibility index (Phi) is 17.6. The van der Waals surface area contributed by atoms with E-state index in [2.05, 4.69) is 25.0 Å². The first-order valence-electron chi connectivity index (χ1n) is 22.7. The third-order valence-corrected chi connectivity index (χ3v) is 13.9. The summed E-state index contributed by atoms with van der Waals surface area (Å²) < 4.78 is 85.3. The van der Waals surface area contributed by atoms with E-state index in [9.17, 15) is 27.2 Å². The molecule has 15 nitrogen and oxygen atoms in total. The molecule has 1 aliphatic carbocycles. The number of halogens is 2. The summed E-state index contributed by atoms with van der Waals surface area (Å²) in [5.41, 5.74) is 4.86. The second kappa shape index (κ2) is 23.9. The zero-order valence-corrected chi connectivity index (χ0v) is 40.2. The number of ketones is 2. The number of hydrogen-bond donors (Lipinski definition) is 3. The van der Waals surface area contributed by atoms with Crippen molar-refractivity contribution >= 4 is 55.6 Å². The molecule has 1 amide bonds. The fraction of sp³-hybridized carbons (Fsp3) is 0.380. The second-order valence-electron chi connectivity index (χ2n) is 16.4. The molecule has 6 aromatic rings. The quantitative estimate of drug-likeness (QED) is 0.0347. The zero-order valence-electron chi connectivity index (χ0n) is 38.6. The van der Waals surface area contributed by atoms with Crippen LogP contribution in [-0.4, -0.2) is 99.5 Å². The number of sulfonamides is 1. The van der Waals surface area contributed by atoms with Gasteiger partial charge in [0.25, 0.3) is 0 Å². The van der Waals surface area contributed by atoms with Crippen molar-refractivity contribution in [3.8, 4) is 22.8 Å². The van der Waals surface area contributed by atoms with Gasteiger partial charge < -0.3 is 34.0 Å². The molecule has 19 heteroatoms. The van der Waals surface area contributed by atoms with Gasteiger partial charge in [-0.05, 0) is 62.9 Å². The lowest BCUT2D eigenvalue weighted by molar-refractivity contribution is -0.125. The summed E-state index contributed by atoms with van der Waals surface area (Å²) in [6.45, 7) is 8.08. The summed E-state index contributed by atoms with van der Waals surface area (Å²) in [5, 5.41) is 3.31. The molecule has 1 unspecified atom stereocenters. The largest absolute Gasteiger partial charge is 0.491 e. The number of ether oxygens (including phenoxy) is 5. The van der Waals surface area contributed by atoms with Crippen LogP contribution in [0.5, 0.6) is 11.5 Å². The molecule has 1 saturated carbocycles. The van der Waals surface area contributed by atoms with Crippen molar-refractivity contribution in [2.45, 2.75) is 53.0 Å². The van der Waals surface area contributed by atoms with Gasteiger partial charge in [-0.2, -0.15) is 0 Å². The molecule has 3 aromatic carbocycles. The average molecular weight is 988 g/mol. The number of nitrogens with zero attached hydrogens (tertiary/aromatic N) is 2. The van der Waals surface area contributed by atoms with E-state index in [1.54, 1.807) is 30.4 Å². The van der Waals surface area contributed by atoms with Crippen LogP contribution in [0, 0.1) is 37.3 Å². The SMILES string of the molecule is CCCS(=O)(=O)Nc1ccc(F)c(C(=O)c2c[nH]c3ncc(OCCOCCOCCOCCOc4cccc(C(=O)C5CCC[C@H]5C(=O)NCc5ccc(-c6ncsc6C)cc5)c4C)cc23)c1F. The van der Waals surface area contributed by atoms with E-state index < -0.39 is 50.5 Å². The van der Waals surface area contributed by atoms with Crippen molar-refractivity contribution in [1.82, 2.24) is 20.3 Å². The molecule has 0 saturated heterocycles. The molecule has 3 N–H and O–H groups in total. The van der Waals surface area contributed by atoms with Crippen LogP contribution in [0.1, 0.15) is 74.9 Å². The Hall–Kier alpha value is -6.12. The summed E-state index contributed by atoms with van der Waals surface area (Å²) in [7, 11) is -3.90. The minimum Gasteiger partial charge on any atom is -0.491 e. The third-order valence-electron chi connectivity index (χ3n) is 11.7. The van der Waals surface area contributed by atoms with Crippen LogP contribution in [0.2, 0.25) is 0 Å². The number of carbonyl (C=O) groups is 3. The molecule has 0 bridgehead atoms. The van der Waals surface area contributed by atoms with E-state index in [-0.39, 0.29) is 72.6 Å². The van der Waals surface area contributed by atoms with Crippen LogP contribution in [0.15, 0.2) is 78.6 Å². The highest BCUT2D eigenvalue weighted by atomic mass is 32.2. The van der Waals surface area contributed by atoms with E-state index in [0.717, 1.165) is 45.8 Å². The maximum Gasteiger partial charge on any atom is 0.232 e. The number of anilines is 1. The Morgan fingerprint density at radius 1 is 0.841 bits per heavy atom. The highest BCUT2D eigenvalue weighted by molar-refractivity contribution is 7.92. The predicted molar refractivity (Wildman–Crippen MR) is 258 cm³/mol. The normalized spacial score (nSPS) is 14.8. The summed E-state index contributed by atoms with van der Waals surface area (Å²) in [6, 6.07) is 16.7. The highest BCUT2D eigenvalue weighted by Gasteiger charge is 2.38. The molecular formula is C50H55F2N5O10S2. The van der Waals surface area contributed by atoms with Crippen molar-refractivity contribution in [3.05, 3.63) is 123 Å². The topological polar surface area (TPSA) is 197 Å². The maximum atomic E-state index is 15.4. The lowest BCUT2D eigenvalue weighted by Crippen LogP contribution is -2.35. The van der Waals surface area contributed by atoms with Gasteiger partial charge in [0.05, 0.1) is 74.0 Å². The van der Waals surface area contributed by atoms with Gasteiger partial charge in [0, 0.05) is 57.1 Å². The van der Waals surface area contributed by atoms with E-state index in [4.69, 9.17) is 23.7 Å². The number of amides is 1. The molecule has 3 aromatic heterocycles. The fourth-order valence-corrected chi connectivity index (χ4v) is 9.92. The molecule has 0 spiro atoms. The lowest BCUT2D eigenvalue weighted by Gasteiger charge is -2.20. The molecule has 366 valence electrons. The molecule has 0 radical (unpaired) electrons. The third kappa shape index (κ3) is 13.0. The molecule has 2 atom stereocenters. The van der Waals surface area contributed by atoms with E-state index in [1.165, 1.54) is 18.5 Å². The van der Waals surface area contributed by atoms with Crippen molar-refractivity contribution < 1.29 is 55.3 Å². The number of pyridine rings is 1. The summed E-state index contributed by atoms with van der Waals surface area (Å²) in [6.07, 6.45) is 5.10. The minimum absolute atomic E-state index is 0.0441. The zero-order chi connectivity index (χ0) is 48.9. The lowest BCUT2D eigenvalue weighted by atomic mass is 9.86. The number of nitrogens with one attached hydrogen (secondary N) is 3. The van der Waals surface area contributed by atoms with Crippen LogP contribution in [0.3, 0.4) is 0 Å². The minimum atomic E-state index is -3.90. The van der Waals surface area contributed by atoms with Gasteiger partial charge in [0.15, 0.2) is 11.6 Å². The van der Waals surface area contributed by atoms with Crippen molar-refractivity contribution in [2.24, 2.45) is 11.8 Å². The van der Waals surface area contributed by atoms with Gasteiger partial charge in [-0.15, -0.1) is 11.3 Å². The van der Waals surface area contributed by atoms with Crippen LogP contribution in [0.25, 0.3) is 22.3 Å². The number of Topliss-reactive ketones (excluding diaryl/α,β-unsaturated/α-hetero) is 1. The predicted octanol–water partition coefficient (Wildman–Crippen LogP) is 8.39.